The Hall–Kier alpha value is -1.75. The number of benzene rings is 1. The summed E-state index contributed by atoms with van der Waals surface area (Å²) < 4.78 is 15.3. The van der Waals surface area contributed by atoms with Crippen LogP contribution in [0.3, 0.4) is 0 Å². The standard InChI is InChI=1S/C15H23NO4/c1-10(2)9-16-14(15(17)20-5)11-6-12(18-3)8-13(7-11)19-4/h6-8,10,14,16H,9H2,1-5H3. The molecule has 0 aliphatic rings. The Balaban J connectivity index is 3.08. The van der Waals surface area contributed by atoms with Crippen molar-refractivity contribution in [1.29, 1.82) is 0 Å². The number of nitrogens with one attached hydrogen (secondary N) is 1. The third-order valence-electron chi connectivity index (χ3n) is 2.87. The molecule has 0 spiro atoms. The number of hydrogen-bond donors (Lipinski definition) is 1. The summed E-state index contributed by atoms with van der Waals surface area (Å²) in [5.74, 6) is 1.37. The smallest absolute Gasteiger partial charge is 0.327 e. The van der Waals surface area contributed by atoms with Crippen molar-refractivity contribution in [2.75, 3.05) is 27.9 Å². The van der Waals surface area contributed by atoms with Gasteiger partial charge in [-0.3, -0.25) is 0 Å². The summed E-state index contributed by atoms with van der Waals surface area (Å²) in [4.78, 5) is 12.0. The molecule has 0 aliphatic heterocycles. The zero-order valence-corrected chi connectivity index (χ0v) is 12.7. The highest BCUT2D eigenvalue weighted by atomic mass is 16.5. The second-order valence-corrected chi connectivity index (χ2v) is 4.90. The average molecular weight is 281 g/mol. The van der Waals surface area contributed by atoms with Crippen LogP contribution in [-0.2, 0) is 9.53 Å². The van der Waals surface area contributed by atoms with E-state index in [4.69, 9.17) is 14.2 Å². The third kappa shape index (κ3) is 4.42. The van der Waals surface area contributed by atoms with Gasteiger partial charge in [0.1, 0.15) is 17.5 Å². The van der Waals surface area contributed by atoms with E-state index in [0.717, 1.165) is 5.56 Å². The van der Waals surface area contributed by atoms with Gasteiger partial charge in [-0.15, -0.1) is 0 Å². The first-order valence-corrected chi connectivity index (χ1v) is 6.56. The summed E-state index contributed by atoms with van der Waals surface area (Å²) in [6.07, 6.45) is 0. The fourth-order valence-electron chi connectivity index (χ4n) is 1.80. The van der Waals surface area contributed by atoms with Gasteiger partial charge in [0.15, 0.2) is 0 Å². The van der Waals surface area contributed by atoms with Gasteiger partial charge >= 0.3 is 5.97 Å². The molecule has 5 heteroatoms. The topological polar surface area (TPSA) is 56.8 Å². The molecular formula is C15H23NO4. The maximum absolute atomic E-state index is 12.0. The lowest BCUT2D eigenvalue weighted by Gasteiger charge is -2.19. The Labute approximate surface area is 120 Å². The van der Waals surface area contributed by atoms with E-state index >= 15 is 0 Å². The van der Waals surface area contributed by atoms with Crippen LogP contribution >= 0.6 is 0 Å². The highest BCUT2D eigenvalue weighted by Gasteiger charge is 2.22. The maximum atomic E-state index is 12.0. The lowest BCUT2D eigenvalue weighted by molar-refractivity contribution is -0.143. The van der Waals surface area contributed by atoms with E-state index in [9.17, 15) is 4.79 Å². The van der Waals surface area contributed by atoms with E-state index < -0.39 is 6.04 Å². The van der Waals surface area contributed by atoms with Crippen molar-refractivity contribution >= 4 is 5.97 Å². The number of methoxy groups -OCH3 is 3. The lowest BCUT2D eigenvalue weighted by Crippen LogP contribution is -2.32. The molecule has 0 aliphatic carbocycles. The van der Waals surface area contributed by atoms with E-state index in [2.05, 4.69) is 19.2 Å². The summed E-state index contributed by atoms with van der Waals surface area (Å²) in [7, 11) is 4.53. The minimum Gasteiger partial charge on any atom is -0.497 e. The molecule has 1 unspecified atom stereocenters. The molecule has 0 bridgehead atoms. The number of carbonyl (C=O) groups is 1. The molecule has 0 saturated carbocycles. The highest BCUT2D eigenvalue weighted by molar-refractivity contribution is 5.78. The minimum atomic E-state index is -0.536. The van der Waals surface area contributed by atoms with Crippen molar-refractivity contribution in [3.05, 3.63) is 23.8 Å². The van der Waals surface area contributed by atoms with Gasteiger partial charge in [0.05, 0.1) is 21.3 Å². The van der Waals surface area contributed by atoms with E-state index in [1.165, 1.54) is 7.11 Å². The van der Waals surface area contributed by atoms with Crippen LogP contribution in [0.25, 0.3) is 0 Å². The predicted octanol–water partition coefficient (Wildman–Crippen LogP) is 2.16. The van der Waals surface area contributed by atoms with Crippen molar-refractivity contribution in [3.63, 3.8) is 0 Å². The molecule has 0 aromatic heterocycles. The van der Waals surface area contributed by atoms with Gasteiger partial charge in [0.25, 0.3) is 0 Å². The molecule has 5 nitrogen and oxygen atoms in total. The predicted molar refractivity (Wildman–Crippen MR) is 77.1 cm³/mol. The van der Waals surface area contributed by atoms with Crippen LogP contribution in [0.5, 0.6) is 11.5 Å². The SMILES string of the molecule is COC(=O)C(NCC(C)C)c1cc(OC)cc(OC)c1. The highest BCUT2D eigenvalue weighted by Crippen LogP contribution is 2.27. The summed E-state index contributed by atoms with van der Waals surface area (Å²) in [6, 6.07) is 4.83. The Morgan fingerprint density at radius 2 is 1.65 bits per heavy atom. The fraction of sp³-hybridized carbons (Fsp3) is 0.533. The summed E-state index contributed by atoms with van der Waals surface area (Å²) in [5.41, 5.74) is 0.758. The van der Waals surface area contributed by atoms with Gasteiger partial charge in [-0.25, -0.2) is 4.79 Å². The Kier molecular flexibility index (Phi) is 6.31. The van der Waals surface area contributed by atoms with E-state index in [1.54, 1.807) is 32.4 Å². The first kappa shape index (κ1) is 16.3. The monoisotopic (exact) mass is 281 g/mol. The third-order valence-corrected chi connectivity index (χ3v) is 2.87. The second kappa shape index (κ2) is 7.75. The van der Waals surface area contributed by atoms with Gasteiger partial charge in [-0.1, -0.05) is 13.8 Å². The zero-order chi connectivity index (χ0) is 15.1. The summed E-state index contributed by atoms with van der Waals surface area (Å²) >= 11 is 0. The van der Waals surface area contributed by atoms with E-state index in [0.29, 0.717) is 24.0 Å². The first-order valence-electron chi connectivity index (χ1n) is 6.56. The van der Waals surface area contributed by atoms with Crippen LogP contribution in [0, 0.1) is 5.92 Å². The zero-order valence-electron chi connectivity index (χ0n) is 12.7. The summed E-state index contributed by atoms with van der Waals surface area (Å²) in [5, 5.41) is 3.20. The normalized spacial score (nSPS) is 12.1. The van der Waals surface area contributed by atoms with E-state index in [1.807, 2.05) is 0 Å². The Morgan fingerprint density at radius 1 is 1.10 bits per heavy atom. The molecule has 1 N–H and O–H groups in total. The number of esters is 1. The van der Waals surface area contributed by atoms with Crippen LogP contribution in [0.2, 0.25) is 0 Å². The van der Waals surface area contributed by atoms with Crippen molar-refractivity contribution < 1.29 is 19.0 Å². The number of carbonyl (C=O) groups excluding carboxylic acids is 1. The number of ether oxygens (including phenoxy) is 3. The lowest BCUT2D eigenvalue weighted by atomic mass is 10.0. The second-order valence-electron chi connectivity index (χ2n) is 4.90. The molecule has 20 heavy (non-hydrogen) atoms. The molecule has 0 radical (unpaired) electrons. The molecule has 1 aromatic rings. The average Bonchev–Trinajstić information content (AvgIpc) is 2.46. The molecule has 112 valence electrons. The Bertz CT molecular complexity index is 423. The fourth-order valence-corrected chi connectivity index (χ4v) is 1.80. The van der Waals surface area contributed by atoms with Gasteiger partial charge in [0.2, 0.25) is 0 Å². The molecule has 0 amide bonds. The van der Waals surface area contributed by atoms with Crippen LogP contribution in [0.4, 0.5) is 0 Å². The van der Waals surface area contributed by atoms with E-state index in [-0.39, 0.29) is 5.97 Å². The largest absolute Gasteiger partial charge is 0.497 e. The molecule has 1 atom stereocenters. The van der Waals surface area contributed by atoms with Crippen molar-refractivity contribution in [2.24, 2.45) is 5.92 Å². The van der Waals surface area contributed by atoms with Crippen LogP contribution in [0.15, 0.2) is 18.2 Å². The van der Waals surface area contributed by atoms with Crippen LogP contribution in [-0.4, -0.2) is 33.8 Å². The Morgan fingerprint density at radius 3 is 2.05 bits per heavy atom. The molecule has 1 aromatic carbocycles. The number of hydrogen-bond acceptors (Lipinski definition) is 5. The van der Waals surface area contributed by atoms with Gasteiger partial charge in [0, 0.05) is 6.07 Å². The molecule has 0 heterocycles. The first-order chi connectivity index (χ1) is 9.51. The summed E-state index contributed by atoms with van der Waals surface area (Å²) in [6.45, 7) is 4.86. The molecule has 1 rings (SSSR count). The maximum Gasteiger partial charge on any atom is 0.327 e. The minimum absolute atomic E-state index is 0.332. The van der Waals surface area contributed by atoms with Gasteiger partial charge < -0.3 is 19.5 Å². The molecule has 0 fully saturated rings. The van der Waals surface area contributed by atoms with Crippen molar-refractivity contribution in [2.45, 2.75) is 19.9 Å². The number of rotatable bonds is 7. The van der Waals surface area contributed by atoms with Crippen molar-refractivity contribution in [1.82, 2.24) is 5.32 Å². The molecular weight excluding hydrogens is 258 g/mol. The van der Waals surface area contributed by atoms with Gasteiger partial charge in [-0.05, 0) is 30.2 Å². The van der Waals surface area contributed by atoms with Crippen LogP contribution in [0.1, 0.15) is 25.5 Å². The van der Waals surface area contributed by atoms with Gasteiger partial charge in [-0.2, -0.15) is 0 Å². The van der Waals surface area contributed by atoms with Crippen LogP contribution < -0.4 is 14.8 Å². The quantitative estimate of drug-likeness (QED) is 0.776. The molecule has 0 saturated heterocycles. The van der Waals surface area contributed by atoms with Crippen molar-refractivity contribution in [3.8, 4) is 11.5 Å².